The number of nitrogens with two attached hydrogens (primary N) is 1. The predicted molar refractivity (Wildman–Crippen MR) is 66.8 cm³/mol. The van der Waals surface area contributed by atoms with Crippen molar-refractivity contribution in [3.8, 4) is 0 Å². The summed E-state index contributed by atoms with van der Waals surface area (Å²) in [5.74, 6) is 0.590. The molecule has 1 aliphatic rings. The number of rotatable bonds is 5. The topological polar surface area (TPSA) is 38.0 Å². The lowest BCUT2D eigenvalue weighted by Gasteiger charge is -2.16. The first-order valence-electron chi connectivity index (χ1n) is 6.20. The average molecular weight is 212 g/mol. The molecular weight excluding hydrogens is 184 g/mol. The zero-order valence-corrected chi connectivity index (χ0v) is 11.2. The van der Waals surface area contributed by atoms with Crippen LogP contribution in [-0.4, -0.2) is 18.6 Å². The summed E-state index contributed by atoms with van der Waals surface area (Å²) in [6.07, 6.45) is 1.08. The Kier molecular flexibility index (Phi) is 3.52. The molecule has 1 unspecified atom stereocenters. The first-order chi connectivity index (χ1) is 6.71. The van der Waals surface area contributed by atoms with Gasteiger partial charge in [-0.05, 0) is 29.7 Å². The summed E-state index contributed by atoms with van der Waals surface area (Å²) in [7, 11) is 0. The lowest BCUT2D eigenvalue weighted by Crippen LogP contribution is -2.33. The Balaban J connectivity index is 2.24. The molecule has 1 saturated carbocycles. The normalized spacial score (nSPS) is 25.6. The van der Waals surface area contributed by atoms with Crippen LogP contribution in [0.15, 0.2) is 0 Å². The molecule has 0 aromatic heterocycles. The van der Waals surface area contributed by atoms with Crippen molar-refractivity contribution >= 4 is 0 Å². The van der Waals surface area contributed by atoms with E-state index >= 15 is 0 Å². The second-order valence-electron chi connectivity index (χ2n) is 6.53. The quantitative estimate of drug-likeness (QED) is 0.734. The smallest absolute Gasteiger partial charge is 0.0181 e. The first-order valence-corrected chi connectivity index (χ1v) is 6.20. The fourth-order valence-electron chi connectivity index (χ4n) is 2.43. The molecule has 0 aromatic carbocycles. The first kappa shape index (κ1) is 13.0. The van der Waals surface area contributed by atoms with Gasteiger partial charge >= 0.3 is 0 Å². The van der Waals surface area contributed by atoms with Crippen molar-refractivity contribution in [2.75, 3.05) is 6.54 Å². The van der Waals surface area contributed by atoms with Gasteiger partial charge in [-0.3, -0.25) is 0 Å². The molecule has 0 aliphatic heterocycles. The van der Waals surface area contributed by atoms with Crippen LogP contribution in [0.2, 0.25) is 0 Å². The van der Waals surface area contributed by atoms with E-state index in [4.69, 9.17) is 5.73 Å². The van der Waals surface area contributed by atoms with Crippen molar-refractivity contribution in [3.05, 3.63) is 0 Å². The molecule has 2 nitrogen and oxygen atoms in total. The van der Waals surface area contributed by atoms with Gasteiger partial charge in [0.15, 0.2) is 0 Å². The molecule has 1 rings (SSSR count). The highest BCUT2D eigenvalue weighted by molar-refractivity contribution is 5.17. The summed E-state index contributed by atoms with van der Waals surface area (Å²) in [5.41, 5.74) is 6.90. The van der Waals surface area contributed by atoms with E-state index in [1.54, 1.807) is 0 Å². The van der Waals surface area contributed by atoms with Gasteiger partial charge in [-0.2, -0.15) is 0 Å². The molecule has 0 radical (unpaired) electrons. The molecule has 90 valence electrons. The molecule has 0 spiro atoms. The molecule has 2 heteroatoms. The van der Waals surface area contributed by atoms with Crippen molar-refractivity contribution in [3.63, 3.8) is 0 Å². The largest absolute Gasteiger partial charge is 0.327 e. The summed E-state index contributed by atoms with van der Waals surface area (Å²) in [4.78, 5) is 0. The minimum absolute atomic E-state index is 0.336. The van der Waals surface area contributed by atoms with Crippen LogP contribution in [0.25, 0.3) is 0 Å². The van der Waals surface area contributed by atoms with E-state index in [0.717, 1.165) is 13.0 Å². The van der Waals surface area contributed by atoms with Gasteiger partial charge in [0, 0.05) is 12.1 Å². The summed E-state index contributed by atoms with van der Waals surface area (Å²) in [6.45, 7) is 14.8. The van der Waals surface area contributed by atoms with Crippen LogP contribution in [0.3, 0.4) is 0 Å². The van der Waals surface area contributed by atoms with E-state index in [2.05, 4.69) is 46.9 Å². The minimum atomic E-state index is 0.336. The molecular formula is C13H28N2. The highest BCUT2D eigenvalue weighted by Crippen LogP contribution is 2.62. The summed E-state index contributed by atoms with van der Waals surface area (Å²) in [6, 6.07) is 0.992. The third-order valence-electron chi connectivity index (χ3n) is 4.70. The van der Waals surface area contributed by atoms with E-state index < -0.39 is 0 Å². The molecule has 0 bridgehead atoms. The number of hydrogen-bond acceptors (Lipinski definition) is 2. The molecule has 1 fully saturated rings. The predicted octanol–water partition coefficient (Wildman–Crippen LogP) is 2.38. The lowest BCUT2D eigenvalue weighted by atomic mass is 10.0. The highest BCUT2D eigenvalue weighted by atomic mass is 15.0. The van der Waals surface area contributed by atoms with Gasteiger partial charge in [0.25, 0.3) is 0 Å². The Hall–Kier alpha value is -0.0800. The summed E-state index contributed by atoms with van der Waals surface area (Å²) >= 11 is 0. The average Bonchev–Trinajstić information content (AvgIpc) is 2.46. The second-order valence-corrected chi connectivity index (χ2v) is 6.53. The van der Waals surface area contributed by atoms with Crippen LogP contribution in [0.5, 0.6) is 0 Å². The molecule has 1 atom stereocenters. The van der Waals surface area contributed by atoms with E-state index in [0.29, 0.717) is 28.8 Å². The molecule has 0 amide bonds. The van der Waals surface area contributed by atoms with Gasteiger partial charge in [-0.15, -0.1) is 0 Å². The van der Waals surface area contributed by atoms with Crippen molar-refractivity contribution in [2.24, 2.45) is 22.5 Å². The van der Waals surface area contributed by atoms with Gasteiger partial charge in [-0.1, -0.05) is 41.5 Å². The molecule has 15 heavy (non-hydrogen) atoms. The fourth-order valence-corrected chi connectivity index (χ4v) is 2.43. The van der Waals surface area contributed by atoms with Gasteiger partial charge in [0.2, 0.25) is 0 Å². The zero-order valence-electron chi connectivity index (χ0n) is 11.2. The van der Waals surface area contributed by atoms with Crippen LogP contribution in [-0.2, 0) is 0 Å². The van der Waals surface area contributed by atoms with Crippen molar-refractivity contribution in [1.82, 2.24) is 5.32 Å². The SMILES string of the molecule is CC(C)C(N)CCNC1C(C)(C)C1(C)C. The molecule has 1 aliphatic carbocycles. The van der Waals surface area contributed by atoms with E-state index in [-0.39, 0.29) is 0 Å². The second kappa shape index (κ2) is 4.06. The van der Waals surface area contributed by atoms with Gasteiger partial charge in [-0.25, -0.2) is 0 Å². The van der Waals surface area contributed by atoms with Crippen LogP contribution >= 0.6 is 0 Å². The number of hydrogen-bond donors (Lipinski definition) is 2. The summed E-state index contributed by atoms with van der Waals surface area (Å²) < 4.78 is 0. The van der Waals surface area contributed by atoms with Gasteiger partial charge in [0.05, 0.1) is 0 Å². The van der Waals surface area contributed by atoms with Crippen LogP contribution < -0.4 is 11.1 Å². The maximum atomic E-state index is 6.02. The molecule has 3 N–H and O–H groups in total. The number of nitrogens with one attached hydrogen (secondary N) is 1. The van der Waals surface area contributed by atoms with Crippen molar-refractivity contribution in [1.29, 1.82) is 0 Å². The standard InChI is InChI=1S/C13H28N2/c1-9(2)10(14)7-8-15-11-12(3,4)13(11,5)6/h9-11,15H,7-8,14H2,1-6H3. The third-order valence-corrected chi connectivity index (χ3v) is 4.70. The minimum Gasteiger partial charge on any atom is -0.327 e. The third kappa shape index (κ3) is 2.36. The Morgan fingerprint density at radius 1 is 1.13 bits per heavy atom. The van der Waals surface area contributed by atoms with Crippen molar-refractivity contribution in [2.45, 2.75) is 60.0 Å². The van der Waals surface area contributed by atoms with Crippen molar-refractivity contribution < 1.29 is 0 Å². The van der Waals surface area contributed by atoms with Crippen LogP contribution in [0.4, 0.5) is 0 Å². The highest BCUT2D eigenvalue weighted by Gasteiger charge is 2.64. The maximum Gasteiger partial charge on any atom is 0.0181 e. The van der Waals surface area contributed by atoms with Gasteiger partial charge < -0.3 is 11.1 Å². The summed E-state index contributed by atoms with van der Waals surface area (Å²) in [5, 5.41) is 3.64. The fraction of sp³-hybridized carbons (Fsp3) is 1.00. The Bertz CT molecular complexity index is 205. The van der Waals surface area contributed by atoms with Crippen LogP contribution in [0, 0.1) is 16.7 Å². The molecule has 0 heterocycles. The van der Waals surface area contributed by atoms with E-state index in [1.807, 2.05) is 0 Å². The monoisotopic (exact) mass is 212 g/mol. The van der Waals surface area contributed by atoms with Crippen LogP contribution in [0.1, 0.15) is 48.0 Å². The van der Waals surface area contributed by atoms with E-state index in [1.165, 1.54) is 0 Å². The Morgan fingerprint density at radius 2 is 1.60 bits per heavy atom. The maximum absolute atomic E-state index is 6.02. The molecule has 0 saturated heterocycles. The Morgan fingerprint density at radius 3 is 1.93 bits per heavy atom. The Labute approximate surface area is 95.0 Å². The van der Waals surface area contributed by atoms with E-state index in [9.17, 15) is 0 Å². The zero-order chi connectivity index (χ0) is 11.9. The molecule has 0 aromatic rings. The lowest BCUT2D eigenvalue weighted by molar-refractivity contribution is 0.437. The van der Waals surface area contributed by atoms with Gasteiger partial charge in [0.1, 0.15) is 0 Å².